The molecule has 2 aromatic rings. The number of pyridine rings is 1. The van der Waals surface area contributed by atoms with Crippen LogP contribution in [0.4, 0.5) is 0 Å². The first-order chi connectivity index (χ1) is 17.4. The molecular weight excluding hydrogens is 499 g/mol. The summed E-state index contributed by atoms with van der Waals surface area (Å²) in [6.45, 7) is 10.3. The lowest BCUT2D eigenvalue weighted by Crippen LogP contribution is -2.45. The second-order valence-corrected chi connectivity index (χ2v) is 11.8. The molecule has 0 bridgehead atoms. The molecule has 3 heterocycles. The number of hydrogen-bond donors (Lipinski definition) is 1. The normalized spacial score (nSPS) is 28.9. The van der Waals surface area contributed by atoms with Crippen LogP contribution in [0.15, 0.2) is 54.7 Å². The van der Waals surface area contributed by atoms with E-state index in [-0.39, 0.29) is 12.7 Å². The van der Waals surface area contributed by atoms with Gasteiger partial charge in [0, 0.05) is 6.20 Å². The highest BCUT2D eigenvalue weighted by Gasteiger charge is 2.62. The fourth-order valence-electron chi connectivity index (χ4n) is 4.34. The highest BCUT2D eigenvalue weighted by molar-refractivity contribution is 7.52. The Labute approximate surface area is 217 Å². The summed E-state index contributed by atoms with van der Waals surface area (Å²) in [4.78, 5) is 16.9. The van der Waals surface area contributed by atoms with Gasteiger partial charge in [-0.05, 0) is 65.8 Å². The summed E-state index contributed by atoms with van der Waals surface area (Å²) >= 11 is 0. The SMILES string of the molecule is CC(C)OC(=O)[C@H](C)NP(=O)(OCC1(C)OC(c2ccccn2)[C@@H]2OC(C)(C)O[C@@H]21)Oc1ccccc1. The molecule has 0 saturated carbocycles. The van der Waals surface area contributed by atoms with Crippen molar-refractivity contribution < 1.29 is 37.4 Å². The van der Waals surface area contributed by atoms with Crippen LogP contribution in [0.5, 0.6) is 5.75 Å². The first-order valence-electron chi connectivity index (χ1n) is 12.3. The van der Waals surface area contributed by atoms with E-state index in [1.54, 1.807) is 50.4 Å². The standard InChI is InChI=1S/C26H35N2O8P/c1-17(2)32-24(29)18(3)28-37(30,36-19-12-8-7-9-13-19)31-16-26(6)23-22(33-25(4,5)35-23)21(34-26)20-14-10-11-15-27-20/h7-15,17-18,21-23H,16H2,1-6H3,(H,28,30)/t18-,21?,22-,23-,26?,37?/m0/s1. The lowest BCUT2D eigenvalue weighted by Gasteiger charge is -2.32. The summed E-state index contributed by atoms with van der Waals surface area (Å²) < 4.78 is 49.7. The first-order valence-corrected chi connectivity index (χ1v) is 13.9. The monoisotopic (exact) mass is 534 g/mol. The third kappa shape index (κ3) is 6.57. The number of nitrogens with zero attached hydrogens (tertiary/aromatic N) is 1. The molecule has 0 amide bonds. The summed E-state index contributed by atoms with van der Waals surface area (Å²) in [6, 6.07) is 13.2. The molecule has 11 heteroatoms. The van der Waals surface area contributed by atoms with E-state index in [9.17, 15) is 9.36 Å². The summed E-state index contributed by atoms with van der Waals surface area (Å²) in [5.74, 6) is -1.13. The Balaban J connectivity index is 1.56. The Morgan fingerprint density at radius 1 is 1.05 bits per heavy atom. The number of para-hydroxylation sites is 1. The third-order valence-corrected chi connectivity index (χ3v) is 7.58. The second-order valence-electron chi connectivity index (χ2n) is 10.1. The van der Waals surface area contributed by atoms with Crippen molar-refractivity contribution in [2.45, 2.75) is 83.4 Å². The summed E-state index contributed by atoms with van der Waals surface area (Å²) in [5.41, 5.74) is -0.380. The van der Waals surface area contributed by atoms with Crippen LogP contribution in [-0.4, -0.2) is 53.3 Å². The quantitative estimate of drug-likeness (QED) is 0.344. The molecule has 2 aliphatic heterocycles. The predicted molar refractivity (Wildman–Crippen MR) is 135 cm³/mol. The fourth-order valence-corrected chi connectivity index (χ4v) is 5.93. The number of carbonyl (C=O) groups is 1. The zero-order valence-electron chi connectivity index (χ0n) is 22.0. The van der Waals surface area contributed by atoms with E-state index >= 15 is 0 Å². The van der Waals surface area contributed by atoms with Gasteiger partial charge >= 0.3 is 13.7 Å². The molecule has 6 atom stereocenters. The van der Waals surface area contributed by atoms with Crippen molar-refractivity contribution in [3.63, 3.8) is 0 Å². The first kappa shape index (κ1) is 27.7. The minimum atomic E-state index is -4.09. The van der Waals surface area contributed by atoms with E-state index in [1.807, 2.05) is 39.0 Å². The van der Waals surface area contributed by atoms with Crippen LogP contribution in [0.25, 0.3) is 0 Å². The maximum absolute atomic E-state index is 13.9. The molecule has 0 aliphatic carbocycles. The lowest BCUT2D eigenvalue weighted by molar-refractivity contribution is -0.212. The summed E-state index contributed by atoms with van der Waals surface area (Å²) in [5, 5.41) is 2.70. The number of benzene rings is 1. The maximum Gasteiger partial charge on any atom is 0.459 e. The molecule has 10 nitrogen and oxygen atoms in total. The van der Waals surface area contributed by atoms with Crippen LogP contribution in [-0.2, 0) is 32.8 Å². The van der Waals surface area contributed by atoms with Crippen molar-refractivity contribution in [3.05, 3.63) is 60.4 Å². The number of rotatable bonds is 10. The van der Waals surface area contributed by atoms with Gasteiger partial charge in [-0.15, -0.1) is 0 Å². The molecule has 2 saturated heterocycles. The van der Waals surface area contributed by atoms with Gasteiger partial charge in [-0.25, -0.2) is 4.57 Å². The number of carbonyl (C=O) groups excluding carboxylic acids is 1. The minimum absolute atomic E-state index is 0.181. The molecule has 3 unspecified atom stereocenters. The fraction of sp³-hybridized carbons (Fsp3) is 0.538. The average molecular weight is 535 g/mol. The Hall–Kier alpha value is -2.33. The van der Waals surface area contributed by atoms with Crippen molar-refractivity contribution in [2.24, 2.45) is 0 Å². The molecule has 2 aliphatic rings. The van der Waals surface area contributed by atoms with Gasteiger partial charge < -0.3 is 23.5 Å². The Morgan fingerprint density at radius 3 is 2.41 bits per heavy atom. The molecule has 1 aromatic carbocycles. The molecule has 37 heavy (non-hydrogen) atoms. The minimum Gasteiger partial charge on any atom is -0.462 e. The zero-order chi connectivity index (χ0) is 26.8. The molecule has 4 rings (SSSR count). The van der Waals surface area contributed by atoms with E-state index in [0.29, 0.717) is 11.4 Å². The van der Waals surface area contributed by atoms with Gasteiger partial charge in [0.2, 0.25) is 0 Å². The number of esters is 1. The van der Waals surface area contributed by atoms with E-state index in [2.05, 4.69) is 10.1 Å². The topological polar surface area (TPSA) is 114 Å². The number of ether oxygens (including phenoxy) is 4. The average Bonchev–Trinajstić information content (AvgIpc) is 3.30. The second kappa shape index (κ2) is 10.8. The number of fused-ring (bicyclic) bond motifs is 1. The van der Waals surface area contributed by atoms with Crippen LogP contribution in [0.2, 0.25) is 0 Å². The van der Waals surface area contributed by atoms with E-state index in [4.69, 9.17) is 28.0 Å². The van der Waals surface area contributed by atoms with Gasteiger partial charge in [0.25, 0.3) is 0 Å². The number of nitrogens with one attached hydrogen (secondary N) is 1. The molecule has 0 radical (unpaired) electrons. The van der Waals surface area contributed by atoms with Gasteiger partial charge in [0.1, 0.15) is 35.7 Å². The molecule has 1 aromatic heterocycles. The molecule has 202 valence electrons. The highest BCUT2D eigenvalue weighted by atomic mass is 31.2. The summed E-state index contributed by atoms with van der Waals surface area (Å²) in [7, 11) is -4.09. The van der Waals surface area contributed by atoms with Gasteiger partial charge in [-0.2, -0.15) is 5.09 Å². The van der Waals surface area contributed by atoms with Crippen molar-refractivity contribution >= 4 is 13.7 Å². The maximum atomic E-state index is 13.9. The van der Waals surface area contributed by atoms with Gasteiger partial charge in [0.05, 0.1) is 18.4 Å². The smallest absolute Gasteiger partial charge is 0.459 e. The zero-order valence-corrected chi connectivity index (χ0v) is 22.8. The molecule has 2 fully saturated rings. The van der Waals surface area contributed by atoms with E-state index < -0.39 is 49.5 Å². The van der Waals surface area contributed by atoms with Crippen LogP contribution >= 0.6 is 7.75 Å². The van der Waals surface area contributed by atoms with Crippen LogP contribution in [0.3, 0.4) is 0 Å². The summed E-state index contributed by atoms with van der Waals surface area (Å²) in [6.07, 6.45) is -0.168. The third-order valence-electron chi connectivity index (χ3n) is 5.95. The van der Waals surface area contributed by atoms with Crippen molar-refractivity contribution in [1.29, 1.82) is 0 Å². The van der Waals surface area contributed by atoms with Crippen molar-refractivity contribution in [3.8, 4) is 5.75 Å². The van der Waals surface area contributed by atoms with E-state index in [1.165, 1.54) is 6.92 Å². The van der Waals surface area contributed by atoms with Crippen molar-refractivity contribution in [1.82, 2.24) is 10.1 Å². The van der Waals surface area contributed by atoms with Crippen LogP contribution < -0.4 is 9.61 Å². The van der Waals surface area contributed by atoms with Crippen LogP contribution in [0.1, 0.15) is 53.3 Å². The molecular formula is C26H35N2O8P. The number of aromatic nitrogens is 1. The lowest BCUT2D eigenvalue weighted by atomic mass is 9.97. The Morgan fingerprint density at radius 2 is 1.76 bits per heavy atom. The largest absolute Gasteiger partial charge is 0.462 e. The number of hydrogen-bond acceptors (Lipinski definition) is 9. The molecule has 0 spiro atoms. The Kier molecular flexibility index (Phi) is 8.09. The van der Waals surface area contributed by atoms with Gasteiger partial charge in [0.15, 0.2) is 5.79 Å². The Bertz CT molecular complexity index is 1120. The van der Waals surface area contributed by atoms with Gasteiger partial charge in [-0.3, -0.25) is 14.3 Å². The highest BCUT2D eigenvalue weighted by Crippen LogP contribution is 2.52. The predicted octanol–water partition coefficient (Wildman–Crippen LogP) is 4.57. The van der Waals surface area contributed by atoms with Crippen molar-refractivity contribution in [2.75, 3.05) is 6.61 Å². The van der Waals surface area contributed by atoms with Crippen LogP contribution in [0, 0.1) is 0 Å². The van der Waals surface area contributed by atoms with E-state index in [0.717, 1.165) is 0 Å². The van der Waals surface area contributed by atoms with Gasteiger partial charge in [-0.1, -0.05) is 24.3 Å². The molecule has 1 N–H and O–H groups in total.